The maximum atomic E-state index is 15.0. The highest BCUT2D eigenvalue weighted by molar-refractivity contribution is 7.17. The van der Waals surface area contributed by atoms with E-state index in [1.54, 1.807) is 17.9 Å². The van der Waals surface area contributed by atoms with Crippen molar-refractivity contribution in [3.05, 3.63) is 57.1 Å². The first-order valence-corrected chi connectivity index (χ1v) is 11.2. The highest BCUT2D eigenvalue weighted by Crippen LogP contribution is 2.38. The molecule has 4 rings (SSSR count). The van der Waals surface area contributed by atoms with Gasteiger partial charge in [0.2, 0.25) is 0 Å². The number of thiazole rings is 1. The topological polar surface area (TPSA) is 105 Å². The van der Waals surface area contributed by atoms with E-state index >= 15 is 0 Å². The minimum absolute atomic E-state index is 0.0499. The van der Waals surface area contributed by atoms with Crippen molar-refractivity contribution in [1.82, 2.24) is 14.9 Å². The summed E-state index contributed by atoms with van der Waals surface area (Å²) < 4.78 is 20.3. The lowest BCUT2D eigenvalue weighted by atomic mass is 9.98. The van der Waals surface area contributed by atoms with Crippen LogP contribution in [0.2, 0.25) is 5.02 Å². The number of carbonyl (C=O) groups excluding carboxylic acids is 2. The van der Waals surface area contributed by atoms with E-state index in [-0.39, 0.29) is 51.7 Å². The summed E-state index contributed by atoms with van der Waals surface area (Å²) in [5.41, 5.74) is 1.58. The Bertz CT molecular complexity index is 1250. The zero-order chi connectivity index (χ0) is 23.7. The predicted octanol–water partition coefficient (Wildman–Crippen LogP) is 3.56. The Balaban J connectivity index is 1.69. The number of nitrogens with zero attached hydrogens (tertiary/aromatic N) is 3. The number of carbonyl (C=O) groups is 2. The number of ether oxygens (including phenoxy) is 1. The van der Waals surface area contributed by atoms with E-state index in [4.69, 9.17) is 21.4 Å². The van der Waals surface area contributed by atoms with Crippen molar-refractivity contribution >= 4 is 39.9 Å². The van der Waals surface area contributed by atoms with Crippen LogP contribution in [0.4, 0.5) is 9.52 Å². The molecule has 3 aromatic rings. The number of anilines is 1. The number of methoxy groups -OCH3 is 1. The lowest BCUT2D eigenvalue weighted by Gasteiger charge is -2.24. The summed E-state index contributed by atoms with van der Waals surface area (Å²) in [6, 6.07) is 4.48. The van der Waals surface area contributed by atoms with E-state index < -0.39 is 11.7 Å². The van der Waals surface area contributed by atoms with Gasteiger partial charge in [0.15, 0.2) is 10.9 Å². The van der Waals surface area contributed by atoms with Gasteiger partial charge in [-0.3, -0.25) is 19.9 Å². The van der Waals surface area contributed by atoms with Crippen LogP contribution in [0.25, 0.3) is 11.1 Å². The third-order valence-electron chi connectivity index (χ3n) is 5.22. The number of nitrogens with one attached hydrogen (secondary N) is 1. The molecule has 0 saturated carbocycles. The van der Waals surface area contributed by atoms with Crippen molar-refractivity contribution < 1.29 is 23.8 Å². The molecule has 0 fully saturated rings. The van der Waals surface area contributed by atoms with Crippen LogP contribution in [0.5, 0.6) is 5.75 Å². The number of aliphatic hydroxyl groups excluding tert-OH is 1. The van der Waals surface area contributed by atoms with Crippen molar-refractivity contribution in [2.75, 3.05) is 32.1 Å². The van der Waals surface area contributed by atoms with E-state index in [0.717, 1.165) is 11.3 Å². The summed E-state index contributed by atoms with van der Waals surface area (Å²) in [4.78, 5) is 36.3. The van der Waals surface area contributed by atoms with Gasteiger partial charge in [-0.25, -0.2) is 9.37 Å². The van der Waals surface area contributed by atoms with Crippen LogP contribution in [-0.4, -0.2) is 58.6 Å². The molecule has 2 N–H and O–H groups in total. The zero-order valence-corrected chi connectivity index (χ0v) is 19.4. The normalized spacial score (nSPS) is 13.1. The Kier molecular flexibility index (Phi) is 6.59. The Morgan fingerprint density at radius 3 is 2.94 bits per heavy atom. The number of hydrogen-bond donors (Lipinski definition) is 2. The molecule has 33 heavy (non-hydrogen) atoms. The molecule has 0 saturated heterocycles. The first-order chi connectivity index (χ1) is 15.8. The van der Waals surface area contributed by atoms with E-state index in [1.807, 2.05) is 0 Å². The summed E-state index contributed by atoms with van der Waals surface area (Å²) in [6.07, 6.45) is 1.87. The smallest absolute Gasteiger partial charge is 0.266 e. The number of rotatable bonds is 6. The Labute approximate surface area is 198 Å². The molecule has 172 valence electrons. The van der Waals surface area contributed by atoms with Crippen LogP contribution >= 0.6 is 22.9 Å². The summed E-state index contributed by atoms with van der Waals surface area (Å²) in [5, 5.41) is 12.0. The second-order valence-corrected chi connectivity index (χ2v) is 8.73. The number of amides is 2. The summed E-state index contributed by atoms with van der Waals surface area (Å²) in [7, 11) is 1.40. The van der Waals surface area contributed by atoms with Gasteiger partial charge in [0.25, 0.3) is 11.8 Å². The van der Waals surface area contributed by atoms with E-state index in [2.05, 4.69) is 15.3 Å². The number of pyridine rings is 1. The molecule has 1 aliphatic heterocycles. The molecule has 0 atom stereocenters. The lowest BCUT2D eigenvalue weighted by molar-refractivity contribution is 0.0710. The number of halogens is 2. The van der Waals surface area contributed by atoms with Gasteiger partial charge in [-0.15, -0.1) is 0 Å². The van der Waals surface area contributed by atoms with Crippen molar-refractivity contribution in [2.45, 2.75) is 13.3 Å². The average molecular weight is 491 g/mol. The Morgan fingerprint density at radius 1 is 1.42 bits per heavy atom. The van der Waals surface area contributed by atoms with Crippen molar-refractivity contribution in [2.24, 2.45) is 0 Å². The molecule has 11 heteroatoms. The molecule has 0 bridgehead atoms. The van der Waals surface area contributed by atoms with E-state index in [9.17, 15) is 14.0 Å². The standard InChI is InChI=1S/C22H20ClFN4O4S/c1-11-9-12(17-16(32-2)4-3-14(23)18(17)24)13(10-25-11)20(30)27-22-26-15-5-6-28(7-8-29)21(31)19(15)33-22/h3-4,9-10,29H,5-8H2,1-2H3,(H,26,27,30). The molecule has 2 amide bonds. The number of benzene rings is 1. The zero-order valence-electron chi connectivity index (χ0n) is 17.8. The minimum Gasteiger partial charge on any atom is -0.496 e. The molecular weight excluding hydrogens is 471 g/mol. The SMILES string of the molecule is COc1ccc(Cl)c(F)c1-c1cc(C)ncc1C(=O)Nc1nc2c(s1)C(=O)N(CCO)CC2. The largest absolute Gasteiger partial charge is 0.496 e. The second-order valence-electron chi connectivity index (χ2n) is 7.32. The number of aromatic nitrogens is 2. The third-order valence-corrected chi connectivity index (χ3v) is 6.51. The van der Waals surface area contributed by atoms with Gasteiger partial charge in [-0.1, -0.05) is 22.9 Å². The Hall–Kier alpha value is -3.08. The molecule has 1 aromatic carbocycles. The summed E-state index contributed by atoms with van der Waals surface area (Å²) >= 11 is 7.05. The molecule has 0 spiro atoms. The molecule has 0 radical (unpaired) electrons. The van der Waals surface area contributed by atoms with Crippen LogP contribution in [0.1, 0.15) is 31.4 Å². The van der Waals surface area contributed by atoms with Gasteiger partial charge >= 0.3 is 0 Å². The molecule has 8 nitrogen and oxygen atoms in total. The van der Waals surface area contributed by atoms with Crippen LogP contribution in [-0.2, 0) is 6.42 Å². The average Bonchev–Trinajstić information content (AvgIpc) is 3.20. The van der Waals surface area contributed by atoms with Gasteiger partial charge in [-0.05, 0) is 25.1 Å². The van der Waals surface area contributed by atoms with E-state index in [1.165, 1.54) is 25.4 Å². The molecular formula is C22H20ClFN4O4S. The van der Waals surface area contributed by atoms with Gasteiger partial charge in [0.1, 0.15) is 10.6 Å². The Morgan fingerprint density at radius 2 is 2.21 bits per heavy atom. The van der Waals surface area contributed by atoms with Gasteiger partial charge < -0.3 is 14.7 Å². The molecule has 3 heterocycles. The van der Waals surface area contributed by atoms with Gasteiger partial charge in [0.05, 0.1) is 35.6 Å². The van der Waals surface area contributed by atoms with Crippen molar-refractivity contribution in [3.63, 3.8) is 0 Å². The number of fused-ring (bicyclic) bond motifs is 1. The quantitative estimate of drug-likeness (QED) is 0.547. The fourth-order valence-corrected chi connectivity index (χ4v) is 4.76. The fourth-order valence-electron chi connectivity index (χ4n) is 3.63. The highest BCUT2D eigenvalue weighted by Gasteiger charge is 2.29. The molecule has 0 unspecified atom stereocenters. The number of aliphatic hydroxyl groups is 1. The monoisotopic (exact) mass is 490 g/mol. The number of β-amino-alcohol motifs (C(OH)–C–C–N with tert-alkyl or cyclic N) is 1. The van der Waals surface area contributed by atoms with Gasteiger partial charge in [0, 0.05) is 37.0 Å². The third kappa shape index (κ3) is 4.41. The van der Waals surface area contributed by atoms with Crippen LogP contribution in [0.15, 0.2) is 24.4 Å². The second kappa shape index (κ2) is 9.42. The van der Waals surface area contributed by atoms with Crippen LogP contribution < -0.4 is 10.1 Å². The maximum Gasteiger partial charge on any atom is 0.266 e. The molecule has 2 aromatic heterocycles. The van der Waals surface area contributed by atoms with Gasteiger partial charge in [-0.2, -0.15) is 0 Å². The fraction of sp³-hybridized carbons (Fsp3) is 0.273. The molecule has 1 aliphatic rings. The van der Waals surface area contributed by atoms with Crippen molar-refractivity contribution in [1.29, 1.82) is 0 Å². The van der Waals surface area contributed by atoms with Crippen molar-refractivity contribution in [3.8, 4) is 16.9 Å². The highest BCUT2D eigenvalue weighted by atomic mass is 35.5. The minimum atomic E-state index is -0.713. The lowest BCUT2D eigenvalue weighted by Crippen LogP contribution is -2.38. The summed E-state index contributed by atoms with van der Waals surface area (Å²) in [6.45, 7) is 2.28. The number of aryl methyl sites for hydroxylation is 1. The predicted molar refractivity (Wildman–Crippen MR) is 123 cm³/mol. The molecule has 0 aliphatic carbocycles. The van der Waals surface area contributed by atoms with Crippen LogP contribution in [0, 0.1) is 12.7 Å². The maximum absolute atomic E-state index is 15.0. The first-order valence-electron chi connectivity index (χ1n) is 10.0. The first kappa shape index (κ1) is 23.1. The van der Waals surface area contributed by atoms with E-state index in [0.29, 0.717) is 29.2 Å². The summed E-state index contributed by atoms with van der Waals surface area (Å²) in [5.74, 6) is -1.29. The number of hydrogen-bond acceptors (Lipinski definition) is 7. The van der Waals surface area contributed by atoms with Crippen LogP contribution in [0.3, 0.4) is 0 Å².